The van der Waals surface area contributed by atoms with Gasteiger partial charge in [-0.1, -0.05) is 53.7 Å². The summed E-state index contributed by atoms with van der Waals surface area (Å²) in [4.78, 5) is 13.8. The second-order valence-electron chi connectivity index (χ2n) is 7.40. The number of thioether (sulfide) groups is 1. The summed E-state index contributed by atoms with van der Waals surface area (Å²) in [7, 11) is 5.73. The monoisotopic (exact) mass is 460 g/mol. The molecule has 1 atom stereocenters. The molecule has 2 aromatic carbocycles. The van der Waals surface area contributed by atoms with Crippen LogP contribution in [0.1, 0.15) is 24.4 Å². The van der Waals surface area contributed by atoms with Crippen molar-refractivity contribution in [3.8, 4) is 5.75 Å². The largest absolute Gasteiger partial charge is 0.495 e. The molecule has 31 heavy (non-hydrogen) atoms. The number of quaternary nitrogens is 1. The first kappa shape index (κ1) is 23.1. The molecule has 7 nitrogen and oxygen atoms in total. The van der Waals surface area contributed by atoms with Gasteiger partial charge in [-0.25, -0.2) is 0 Å². The Morgan fingerprint density at radius 1 is 1.23 bits per heavy atom. The highest BCUT2D eigenvalue weighted by Gasteiger charge is 2.23. The quantitative estimate of drug-likeness (QED) is 0.480. The Bertz CT molecular complexity index is 1030. The van der Waals surface area contributed by atoms with Gasteiger partial charge < -0.3 is 15.0 Å². The van der Waals surface area contributed by atoms with E-state index in [0.29, 0.717) is 23.0 Å². The normalized spacial score (nSPS) is 12.1. The number of aromatic nitrogens is 3. The van der Waals surface area contributed by atoms with Gasteiger partial charge >= 0.3 is 0 Å². The number of amides is 1. The van der Waals surface area contributed by atoms with Crippen molar-refractivity contribution in [3.05, 3.63) is 64.9 Å². The van der Waals surface area contributed by atoms with Gasteiger partial charge in [-0.2, -0.15) is 0 Å². The van der Waals surface area contributed by atoms with Crippen molar-refractivity contribution in [1.29, 1.82) is 0 Å². The number of rotatable bonds is 9. The molecule has 0 bridgehead atoms. The summed E-state index contributed by atoms with van der Waals surface area (Å²) < 4.78 is 7.23. The fraction of sp³-hybridized carbons (Fsp3) is 0.318. The molecule has 0 saturated heterocycles. The van der Waals surface area contributed by atoms with Gasteiger partial charge in [-0.05, 0) is 30.7 Å². The zero-order chi connectivity index (χ0) is 22.4. The molecule has 1 amide bonds. The third kappa shape index (κ3) is 6.00. The van der Waals surface area contributed by atoms with Crippen LogP contribution in [-0.4, -0.2) is 47.6 Å². The molecule has 0 unspecified atom stereocenters. The van der Waals surface area contributed by atoms with Crippen LogP contribution in [0.4, 0.5) is 5.69 Å². The van der Waals surface area contributed by atoms with E-state index in [9.17, 15) is 4.79 Å². The Morgan fingerprint density at radius 2 is 1.97 bits per heavy atom. The Kier molecular flexibility index (Phi) is 7.95. The second-order valence-corrected chi connectivity index (χ2v) is 8.75. The van der Waals surface area contributed by atoms with Crippen molar-refractivity contribution in [2.45, 2.75) is 24.7 Å². The number of nitrogens with one attached hydrogen (secondary N) is 2. The molecule has 0 spiro atoms. The summed E-state index contributed by atoms with van der Waals surface area (Å²) in [5.74, 6) is 1.52. The first-order chi connectivity index (χ1) is 14.9. The molecule has 1 heterocycles. The van der Waals surface area contributed by atoms with Gasteiger partial charge in [0, 0.05) is 5.69 Å². The summed E-state index contributed by atoms with van der Waals surface area (Å²) in [6, 6.07) is 15.5. The number of hydrogen-bond donors (Lipinski definition) is 2. The lowest BCUT2D eigenvalue weighted by Gasteiger charge is -2.18. The summed E-state index contributed by atoms with van der Waals surface area (Å²) in [6.45, 7) is 2.77. The molecule has 0 aliphatic heterocycles. The van der Waals surface area contributed by atoms with Gasteiger partial charge in [-0.3, -0.25) is 9.36 Å². The van der Waals surface area contributed by atoms with E-state index in [1.54, 1.807) is 25.3 Å². The number of anilines is 1. The number of nitrogens with zero attached hydrogens (tertiary/aromatic N) is 3. The number of halogens is 1. The van der Waals surface area contributed by atoms with Crippen LogP contribution in [0.25, 0.3) is 0 Å². The van der Waals surface area contributed by atoms with E-state index in [1.807, 2.05) is 18.2 Å². The van der Waals surface area contributed by atoms with Crippen molar-refractivity contribution in [2.24, 2.45) is 0 Å². The molecule has 0 aliphatic rings. The first-order valence-corrected chi connectivity index (χ1v) is 11.3. The minimum absolute atomic E-state index is 0.145. The molecule has 1 aromatic heterocycles. The van der Waals surface area contributed by atoms with Crippen LogP contribution >= 0.6 is 23.4 Å². The van der Waals surface area contributed by atoms with Crippen LogP contribution in [-0.2, 0) is 11.3 Å². The average Bonchev–Trinajstić information content (AvgIpc) is 3.14. The van der Waals surface area contributed by atoms with Crippen LogP contribution in [0.15, 0.2) is 53.7 Å². The van der Waals surface area contributed by atoms with E-state index < -0.39 is 0 Å². The highest BCUT2D eigenvalue weighted by Crippen LogP contribution is 2.27. The summed E-state index contributed by atoms with van der Waals surface area (Å²) in [5.41, 5.74) is 1.77. The van der Waals surface area contributed by atoms with Crippen molar-refractivity contribution in [1.82, 2.24) is 14.8 Å². The molecule has 0 saturated carbocycles. The van der Waals surface area contributed by atoms with Crippen LogP contribution in [0.5, 0.6) is 5.75 Å². The predicted octanol–water partition coefficient (Wildman–Crippen LogP) is 2.92. The van der Waals surface area contributed by atoms with E-state index in [2.05, 4.69) is 53.2 Å². The standard InChI is InChI=1S/C22H26ClN5O2S/c1-15(27(2)3)21-25-26-22(28(21)13-16-8-6-5-7-9-16)31-14-20(29)24-17-10-11-19(30-4)18(23)12-17/h5-12,15H,13-14H2,1-4H3,(H,24,29)/p+1/t15-/m0/s1. The highest BCUT2D eigenvalue weighted by atomic mass is 35.5. The lowest BCUT2D eigenvalue weighted by atomic mass is 10.2. The molecular formula is C22H27ClN5O2S+. The van der Waals surface area contributed by atoms with Crippen molar-refractivity contribution >= 4 is 35.0 Å². The van der Waals surface area contributed by atoms with Crippen LogP contribution in [0.3, 0.4) is 0 Å². The van der Waals surface area contributed by atoms with E-state index in [0.717, 1.165) is 16.5 Å². The maximum atomic E-state index is 12.5. The molecule has 3 aromatic rings. The topological polar surface area (TPSA) is 73.5 Å². The first-order valence-electron chi connectivity index (χ1n) is 9.92. The Labute approximate surface area is 191 Å². The van der Waals surface area contributed by atoms with Crippen molar-refractivity contribution in [3.63, 3.8) is 0 Å². The van der Waals surface area contributed by atoms with Crippen LogP contribution in [0, 0.1) is 0 Å². The summed E-state index contributed by atoms with van der Waals surface area (Å²) in [5, 5.41) is 12.8. The third-order valence-corrected chi connectivity index (χ3v) is 6.21. The maximum absolute atomic E-state index is 12.5. The molecule has 0 radical (unpaired) electrons. The van der Waals surface area contributed by atoms with Gasteiger partial charge in [-0.15, -0.1) is 10.2 Å². The lowest BCUT2D eigenvalue weighted by Crippen LogP contribution is -3.05. The number of carbonyl (C=O) groups excluding carboxylic acids is 1. The fourth-order valence-corrected chi connectivity index (χ4v) is 3.97. The SMILES string of the molecule is COc1ccc(NC(=O)CSc2nnc([C@H](C)[NH+](C)C)n2Cc2ccccc2)cc1Cl. The molecule has 0 fully saturated rings. The molecule has 164 valence electrons. The van der Waals surface area contributed by atoms with Gasteiger partial charge in [0.25, 0.3) is 0 Å². The Morgan fingerprint density at radius 3 is 2.61 bits per heavy atom. The number of hydrogen-bond acceptors (Lipinski definition) is 5. The predicted molar refractivity (Wildman–Crippen MR) is 124 cm³/mol. The van der Waals surface area contributed by atoms with Crippen LogP contribution in [0.2, 0.25) is 5.02 Å². The third-order valence-electron chi connectivity index (χ3n) is 4.95. The number of benzene rings is 2. The van der Waals surface area contributed by atoms with Crippen LogP contribution < -0.4 is 15.0 Å². The van der Waals surface area contributed by atoms with Crippen molar-refractivity contribution in [2.75, 3.05) is 32.3 Å². The summed E-state index contributed by atoms with van der Waals surface area (Å²) in [6.07, 6.45) is 0. The van der Waals surface area contributed by atoms with Crippen molar-refractivity contribution < 1.29 is 14.4 Å². The van der Waals surface area contributed by atoms with E-state index in [1.165, 1.54) is 16.7 Å². The average molecular weight is 461 g/mol. The zero-order valence-electron chi connectivity index (χ0n) is 18.1. The molecule has 0 aliphatic carbocycles. The maximum Gasteiger partial charge on any atom is 0.234 e. The van der Waals surface area contributed by atoms with Gasteiger partial charge in [0.05, 0.1) is 38.5 Å². The van der Waals surface area contributed by atoms with E-state index in [-0.39, 0.29) is 17.7 Å². The molecule has 3 rings (SSSR count). The van der Waals surface area contributed by atoms with Gasteiger partial charge in [0.15, 0.2) is 11.0 Å². The molecular weight excluding hydrogens is 434 g/mol. The lowest BCUT2D eigenvalue weighted by molar-refractivity contribution is -0.890. The summed E-state index contributed by atoms with van der Waals surface area (Å²) >= 11 is 7.50. The minimum atomic E-state index is -0.145. The Hall–Kier alpha value is -2.55. The minimum Gasteiger partial charge on any atom is -0.495 e. The number of methoxy groups -OCH3 is 1. The van der Waals surface area contributed by atoms with E-state index in [4.69, 9.17) is 16.3 Å². The van der Waals surface area contributed by atoms with Gasteiger partial charge in [0.1, 0.15) is 11.8 Å². The van der Waals surface area contributed by atoms with Gasteiger partial charge in [0.2, 0.25) is 5.91 Å². The number of ether oxygens (including phenoxy) is 1. The zero-order valence-corrected chi connectivity index (χ0v) is 19.6. The van der Waals surface area contributed by atoms with E-state index >= 15 is 0 Å². The highest BCUT2D eigenvalue weighted by molar-refractivity contribution is 7.99. The number of carbonyl (C=O) groups is 1. The smallest absolute Gasteiger partial charge is 0.234 e. The fourth-order valence-electron chi connectivity index (χ4n) is 2.97. The second kappa shape index (κ2) is 10.7. The molecule has 2 N–H and O–H groups in total. The Balaban J connectivity index is 1.73. The molecule has 9 heteroatoms.